The highest BCUT2D eigenvalue weighted by Gasteiger charge is 2.16. The Bertz CT molecular complexity index is 652. The van der Waals surface area contributed by atoms with Crippen molar-refractivity contribution in [2.45, 2.75) is 20.4 Å². The molecule has 0 radical (unpaired) electrons. The third-order valence-electron chi connectivity index (χ3n) is 3.30. The van der Waals surface area contributed by atoms with Crippen LogP contribution in [0.15, 0.2) is 23.1 Å². The highest BCUT2D eigenvalue weighted by molar-refractivity contribution is 5.79. The van der Waals surface area contributed by atoms with Gasteiger partial charge in [0.15, 0.2) is 5.65 Å². The predicted molar refractivity (Wildman–Crippen MR) is 72.9 cm³/mol. The number of nitrogens with zero attached hydrogens (tertiary/aromatic N) is 4. The second kappa shape index (κ2) is 5.26. The molecule has 6 nitrogen and oxygen atoms in total. The largest absolute Gasteiger partial charge is 0.342 e. The highest BCUT2D eigenvalue weighted by atomic mass is 16.2. The van der Waals surface area contributed by atoms with E-state index in [0.29, 0.717) is 24.3 Å². The van der Waals surface area contributed by atoms with Crippen molar-refractivity contribution in [3.05, 3.63) is 28.8 Å². The first-order valence-electron chi connectivity index (χ1n) is 6.38. The summed E-state index contributed by atoms with van der Waals surface area (Å²) < 4.78 is 2.94. The number of aryl methyl sites for hydroxylation is 1. The van der Waals surface area contributed by atoms with Crippen molar-refractivity contribution < 1.29 is 4.79 Å². The third kappa shape index (κ3) is 2.25. The number of pyridine rings is 1. The minimum absolute atomic E-state index is 0.0524. The fraction of sp³-hybridized carbons (Fsp3) is 0.462. The fourth-order valence-electron chi connectivity index (χ4n) is 2.20. The Morgan fingerprint density at radius 3 is 2.68 bits per heavy atom. The Morgan fingerprint density at radius 1 is 1.37 bits per heavy atom. The van der Waals surface area contributed by atoms with Gasteiger partial charge in [-0.2, -0.15) is 0 Å². The van der Waals surface area contributed by atoms with Crippen LogP contribution in [-0.4, -0.2) is 38.0 Å². The zero-order valence-electron chi connectivity index (χ0n) is 11.5. The summed E-state index contributed by atoms with van der Waals surface area (Å²) in [4.78, 5) is 30.1. The van der Waals surface area contributed by atoms with Gasteiger partial charge in [0.2, 0.25) is 5.91 Å². The number of carbonyl (C=O) groups excluding carboxylic acids is 1. The van der Waals surface area contributed by atoms with Crippen molar-refractivity contribution in [1.82, 2.24) is 19.0 Å². The molecule has 6 heteroatoms. The maximum atomic E-state index is 12.1. The summed E-state index contributed by atoms with van der Waals surface area (Å²) in [5.74, 6) is -0.0524. The lowest BCUT2D eigenvalue weighted by Gasteiger charge is -2.18. The molecule has 0 spiro atoms. The quantitative estimate of drug-likeness (QED) is 0.811. The Morgan fingerprint density at radius 2 is 2.05 bits per heavy atom. The van der Waals surface area contributed by atoms with E-state index in [9.17, 15) is 9.59 Å². The van der Waals surface area contributed by atoms with Crippen LogP contribution in [0, 0.1) is 0 Å². The van der Waals surface area contributed by atoms with Crippen molar-refractivity contribution >= 4 is 17.1 Å². The van der Waals surface area contributed by atoms with Gasteiger partial charge in [-0.15, -0.1) is 0 Å². The van der Waals surface area contributed by atoms with E-state index in [2.05, 4.69) is 4.98 Å². The van der Waals surface area contributed by atoms with Crippen molar-refractivity contribution in [3.63, 3.8) is 0 Å². The summed E-state index contributed by atoms with van der Waals surface area (Å²) in [5, 5.41) is 0. The molecule has 102 valence electrons. The molecule has 2 heterocycles. The van der Waals surface area contributed by atoms with Crippen molar-refractivity contribution in [3.8, 4) is 0 Å². The van der Waals surface area contributed by atoms with E-state index < -0.39 is 0 Å². The zero-order valence-corrected chi connectivity index (χ0v) is 11.5. The van der Waals surface area contributed by atoms with Crippen LogP contribution in [-0.2, 0) is 18.4 Å². The first-order chi connectivity index (χ1) is 9.10. The fourth-order valence-corrected chi connectivity index (χ4v) is 2.20. The van der Waals surface area contributed by atoms with Crippen LogP contribution >= 0.6 is 0 Å². The van der Waals surface area contributed by atoms with Crippen LogP contribution in [0.1, 0.15) is 13.8 Å². The standard InChI is InChI=1S/C13H18N4O2/c1-4-16(5-2)11(18)9-17-10-7-6-8-14-12(10)15(3)13(17)19/h6-8H,4-5,9H2,1-3H3. The SMILES string of the molecule is CCN(CC)C(=O)Cn1c(=O)n(C)c2ncccc21. The van der Waals surface area contributed by atoms with Crippen LogP contribution in [0.25, 0.3) is 11.2 Å². The molecule has 0 aliphatic rings. The average Bonchev–Trinajstić information content (AvgIpc) is 2.66. The van der Waals surface area contributed by atoms with E-state index in [0.717, 1.165) is 0 Å². The molecule has 0 aromatic carbocycles. The zero-order chi connectivity index (χ0) is 14.0. The van der Waals surface area contributed by atoms with Crippen LogP contribution in [0.5, 0.6) is 0 Å². The lowest BCUT2D eigenvalue weighted by atomic mass is 10.4. The molecule has 2 aromatic rings. The van der Waals surface area contributed by atoms with Gasteiger partial charge in [0.05, 0.1) is 5.52 Å². The van der Waals surface area contributed by atoms with Gasteiger partial charge < -0.3 is 4.90 Å². The number of amides is 1. The van der Waals surface area contributed by atoms with E-state index in [1.807, 2.05) is 13.8 Å². The van der Waals surface area contributed by atoms with Crippen LogP contribution in [0.2, 0.25) is 0 Å². The number of fused-ring (bicyclic) bond motifs is 1. The lowest BCUT2D eigenvalue weighted by molar-refractivity contribution is -0.131. The second-order valence-corrected chi connectivity index (χ2v) is 4.34. The van der Waals surface area contributed by atoms with Gasteiger partial charge in [0.1, 0.15) is 6.54 Å². The molecular weight excluding hydrogens is 244 g/mol. The number of hydrogen-bond donors (Lipinski definition) is 0. The van der Waals surface area contributed by atoms with Crippen molar-refractivity contribution in [2.24, 2.45) is 7.05 Å². The first-order valence-corrected chi connectivity index (χ1v) is 6.38. The molecule has 0 saturated heterocycles. The van der Waals surface area contributed by atoms with E-state index >= 15 is 0 Å². The molecule has 2 aromatic heterocycles. The third-order valence-corrected chi connectivity index (χ3v) is 3.30. The Hall–Kier alpha value is -2.11. The molecule has 0 aliphatic carbocycles. The summed E-state index contributed by atoms with van der Waals surface area (Å²) in [6, 6.07) is 3.57. The molecule has 0 bridgehead atoms. The molecule has 0 fully saturated rings. The summed E-state index contributed by atoms with van der Waals surface area (Å²) in [6.07, 6.45) is 1.64. The van der Waals surface area contributed by atoms with E-state index in [1.165, 1.54) is 9.13 Å². The molecule has 0 saturated carbocycles. The normalized spacial score (nSPS) is 10.9. The number of likely N-dealkylation sites (N-methyl/N-ethyl adjacent to an activating group) is 1. The van der Waals surface area contributed by atoms with E-state index in [1.54, 1.807) is 30.3 Å². The smallest absolute Gasteiger partial charge is 0.330 e. The molecule has 2 rings (SSSR count). The number of aromatic nitrogens is 3. The topological polar surface area (TPSA) is 60.1 Å². The Labute approximate surface area is 111 Å². The first kappa shape index (κ1) is 13.3. The molecule has 0 unspecified atom stereocenters. The van der Waals surface area contributed by atoms with Gasteiger partial charge in [-0.1, -0.05) is 0 Å². The monoisotopic (exact) mass is 262 g/mol. The summed E-state index contributed by atoms with van der Waals surface area (Å²) >= 11 is 0. The minimum Gasteiger partial charge on any atom is -0.342 e. The lowest BCUT2D eigenvalue weighted by Crippen LogP contribution is -2.36. The van der Waals surface area contributed by atoms with Crippen molar-refractivity contribution in [1.29, 1.82) is 0 Å². The van der Waals surface area contributed by atoms with Gasteiger partial charge in [-0.3, -0.25) is 13.9 Å². The maximum absolute atomic E-state index is 12.1. The molecule has 1 amide bonds. The maximum Gasteiger partial charge on any atom is 0.330 e. The molecule has 0 aliphatic heterocycles. The second-order valence-electron chi connectivity index (χ2n) is 4.34. The Kier molecular flexibility index (Phi) is 3.69. The average molecular weight is 262 g/mol. The summed E-state index contributed by atoms with van der Waals surface area (Å²) in [7, 11) is 1.66. The van der Waals surface area contributed by atoms with Gasteiger partial charge in [0, 0.05) is 26.3 Å². The van der Waals surface area contributed by atoms with Gasteiger partial charge in [0.25, 0.3) is 0 Å². The van der Waals surface area contributed by atoms with Crippen LogP contribution in [0.3, 0.4) is 0 Å². The predicted octanol–water partition coefficient (Wildman–Crippen LogP) is 0.603. The number of hydrogen-bond acceptors (Lipinski definition) is 3. The minimum atomic E-state index is -0.214. The van der Waals surface area contributed by atoms with E-state index in [-0.39, 0.29) is 18.1 Å². The molecular formula is C13H18N4O2. The Balaban J connectivity index is 2.44. The molecule has 0 atom stereocenters. The van der Waals surface area contributed by atoms with Gasteiger partial charge >= 0.3 is 5.69 Å². The van der Waals surface area contributed by atoms with Gasteiger partial charge in [-0.05, 0) is 26.0 Å². The van der Waals surface area contributed by atoms with Crippen LogP contribution in [0.4, 0.5) is 0 Å². The summed E-state index contributed by atoms with van der Waals surface area (Å²) in [5.41, 5.74) is 1.07. The molecule has 0 N–H and O–H groups in total. The summed E-state index contributed by atoms with van der Waals surface area (Å²) in [6.45, 7) is 5.20. The number of imidazole rings is 1. The highest BCUT2D eigenvalue weighted by Crippen LogP contribution is 2.08. The van der Waals surface area contributed by atoms with Gasteiger partial charge in [-0.25, -0.2) is 9.78 Å². The van der Waals surface area contributed by atoms with E-state index in [4.69, 9.17) is 0 Å². The number of rotatable bonds is 4. The molecule has 19 heavy (non-hydrogen) atoms. The van der Waals surface area contributed by atoms with Crippen LogP contribution < -0.4 is 5.69 Å². The van der Waals surface area contributed by atoms with Crippen molar-refractivity contribution in [2.75, 3.05) is 13.1 Å². The number of carbonyl (C=O) groups is 1.